The summed E-state index contributed by atoms with van der Waals surface area (Å²) in [7, 11) is -0.234. The van der Waals surface area contributed by atoms with Gasteiger partial charge in [-0.2, -0.15) is 17.0 Å². The smallest absolute Gasteiger partial charge is 0.195 e. The summed E-state index contributed by atoms with van der Waals surface area (Å²) < 4.78 is 25.9. The van der Waals surface area contributed by atoms with Crippen LogP contribution in [0.5, 0.6) is 0 Å². The van der Waals surface area contributed by atoms with Gasteiger partial charge in [0, 0.05) is 32.6 Å². The highest BCUT2D eigenvalue weighted by molar-refractivity contribution is 7.86. The minimum atomic E-state index is -3.32. The molecule has 0 atom stereocenters. The topological polar surface area (TPSA) is 40.6 Å². The summed E-state index contributed by atoms with van der Waals surface area (Å²) in [6, 6.07) is -0.0391. The molecule has 6 heteroatoms. The third-order valence-corrected chi connectivity index (χ3v) is 4.17. The molecule has 0 aliphatic heterocycles. The average Bonchev–Trinajstić information content (AvgIpc) is 2.03. The highest BCUT2D eigenvalue weighted by Gasteiger charge is 2.24. The summed E-state index contributed by atoms with van der Waals surface area (Å²) in [6.45, 7) is 3.99. The molecule has 0 unspecified atom stereocenters. The van der Waals surface area contributed by atoms with E-state index in [1.807, 2.05) is 13.8 Å². The molecular weight excluding hydrogens is 212 g/mol. The van der Waals surface area contributed by atoms with Gasteiger partial charge in [-0.05, 0) is 13.8 Å². The summed E-state index contributed by atoms with van der Waals surface area (Å²) >= 11 is 5.46. The number of hydrogen-bond donors (Lipinski definition) is 0. The predicted molar refractivity (Wildman–Crippen MR) is 55.2 cm³/mol. The summed E-state index contributed by atoms with van der Waals surface area (Å²) in [5.74, 6) is 0.307. The maximum atomic E-state index is 11.7. The zero-order chi connectivity index (χ0) is 10.6. The van der Waals surface area contributed by atoms with Gasteiger partial charge in [0.25, 0.3) is 10.2 Å². The summed E-state index contributed by atoms with van der Waals surface area (Å²) in [5.41, 5.74) is 0. The molecule has 80 valence electrons. The van der Waals surface area contributed by atoms with Gasteiger partial charge in [0.1, 0.15) is 0 Å². The van der Waals surface area contributed by atoms with Crippen LogP contribution >= 0.6 is 11.6 Å². The van der Waals surface area contributed by atoms with E-state index in [0.29, 0.717) is 12.4 Å². The lowest BCUT2D eigenvalue weighted by Gasteiger charge is -2.26. The van der Waals surface area contributed by atoms with E-state index in [1.165, 1.54) is 15.7 Å². The molecule has 0 aliphatic rings. The highest BCUT2D eigenvalue weighted by atomic mass is 35.5. The molecule has 0 bridgehead atoms. The van der Waals surface area contributed by atoms with Gasteiger partial charge >= 0.3 is 0 Å². The van der Waals surface area contributed by atoms with Gasteiger partial charge in [-0.25, -0.2) is 0 Å². The normalized spacial score (nSPS) is 13.2. The molecular formula is C7H17ClN2O2S. The third-order valence-electron chi connectivity index (χ3n) is 1.88. The van der Waals surface area contributed by atoms with Crippen molar-refractivity contribution in [3.8, 4) is 0 Å². The van der Waals surface area contributed by atoms with Gasteiger partial charge in [-0.15, -0.1) is 11.6 Å². The zero-order valence-corrected chi connectivity index (χ0v) is 10.1. The molecule has 0 rings (SSSR count). The van der Waals surface area contributed by atoms with Crippen LogP contribution in [0.2, 0.25) is 0 Å². The molecule has 0 aromatic heterocycles. The molecule has 0 fully saturated rings. The van der Waals surface area contributed by atoms with Crippen molar-refractivity contribution in [1.29, 1.82) is 0 Å². The molecule has 13 heavy (non-hydrogen) atoms. The molecule has 0 aromatic carbocycles. The summed E-state index contributed by atoms with van der Waals surface area (Å²) in [4.78, 5) is 0. The van der Waals surface area contributed by atoms with Crippen molar-refractivity contribution in [2.75, 3.05) is 26.5 Å². The van der Waals surface area contributed by atoms with Crippen LogP contribution < -0.4 is 0 Å². The highest BCUT2D eigenvalue weighted by Crippen LogP contribution is 2.07. The Morgan fingerprint density at radius 3 is 2.08 bits per heavy atom. The second kappa shape index (κ2) is 5.14. The first-order valence-electron chi connectivity index (χ1n) is 4.09. The molecule has 0 amide bonds. The molecule has 0 spiro atoms. The van der Waals surface area contributed by atoms with Crippen molar-refractivity contribution in [2.24, 2.45) is 0 Å². The van der Waals surface area contributed by atoms with Crippen molar-refractivity contribution in [1.82, 2.24) is 8.61 Å². The Labute approximate surface area is 85.6 Å². The number of halogens is 1. The molecule has 0 saturated heterocycles. The van der Waals surface area contributed by atoms with E-state index in [4.69, 9.17) is 11.6 Å². The Kier molecular flexibility index (Phi) is 5.21. The van der Waals surface area contributed by atoms with Crippen LogP contribution in [0.25, 0.3) is 0 Å². The number of hydrogen-bond acceptors (Lipinski definition) is 2. The van der Waals surface area contributed by atoms with Gasteiger partial charge < -0.3 is 0 Å². The quantitative estimate of drug-likeness (QED) is 0.652. The Balaban J connectivity index is 4.56. The van der Waals surface area contributed by atoms with E-state index >= 15 is 0 Å². The van der Waals surface area contributed by atoms with Crippen molar-refractivity contribution in [3.63, 3.8) is 0 Å². The van der Waals surface area contributed by atoms with E-state index in [0.717, 1.165) is 0 Å². The zero-order valence-electron chi connectivity index (χ0n) is 8.49. The van der Waals surface area contributed by atoms with Gasteiger partial charge in [0.2, 0.25) is 0 Å². The lowest BCUT2D eigenvalue weighted by Crippen LogP contribution is -2.43. The van der Waals surface area contributed by atoms with E-state index in [1.54, 1.807) is 7.05 Å². The predicted octanol–water partition coefficient (Wildman–Crippen LogP) is 0.742. The maximum Gasteiger partial charge on any atom is 0.281 e. The first-order chi connectivity index (χ1) is 5.84. The van der Waals surface area contributed by atoms with Gasteiger partial charge in [-0.1, -0.05) is 0 Å². The Bertz CT molecular complexity index is 241. The Morgan fingerprint density at radius 2 is 1.77 bits per heavy atom. The number of rotatable bonds is 5. The minimum Gasteiger partial charge on any atom is -0.195 e. The SMILES string of the molecule is CC(C)N(C)S(=O)(=O)N(C)CCCl. The Morgan fingerprint density at radius 1 is 1.31 bits per heavy atom. The van der Waals surface area contributed by atoms with Crippen LogP contribution in [0.4, 0.5) is 0 Å². The monoisotopic (exact) mass is 228 g/mol. The maximum absolute atomic E-state index is 11.7. The van der Waals surface area contributed by atoms with Crippen molar-refractivity contribution in [2.45, 2.75) is 19.9 Å². The molecule has 0 aliphatic carbocycles. The summed E-state index contributed by atoms with van der Waals surface area (Å²) in [6.07, 6.45) is 0. The number of nitrogens with zero attached hydrogens (tertiary/aromatic N) is 2. The van der Waals surface area contributed by atoms with Crippen LogP contribution in [0, 0.1) is 0 Å². The molecule has 0 radical (unpaired) electrons. The lowest BCUT2D eigenvalue weighted by atomic mass is 10.4. The lowest BCUT2D eigenvalue weighted by molar-refractivity contribution is 0.363. The molecule has 0 aromatic rings. The van der Waals surface area contributed by atoms with Crippen molar-refractivity contribution < 1.29 is 8.42 Å². The van der Waals surface area contributed by atoms with Crippen molar-refractivity contribution >= 4 is 21.8 Å². The van der Waals surface area contributed by atoms with Crippen LogP contribution in [-0.4, -0.2) is 49.6 Å². The van der Waals surface area contributed by atoms with Crippen molar-refractivity contribution in [3.05, 3.63) is 0 Å². The van der Waals surface area contributed by atoms with E-state index in [2.05, 4.69) is 0 Å². The van der Waals surface area contributed by atoms with E-state index in [9.17, 15) is 8.42 Å². The van der Waals surface area contributed by atoms with E-state index in [-0.39, 0.29) is 6.04 Å². The van der Waals surface area contributed by atoms with Crippen LogP contribution in [-0.2, 0) is 10.2 Å². The first kappa shape index (κ1) is 13.2. The van der Waals surface area contributed by atoms with Crippen LogP contribution in [0.3, 0.4) is 0 Å². The average molecular weight is 229 g/mol. The molecule has 0 heterocycles. The molecule has 0 saturated carbocycles. The van der Waals surface area contributed by atoms with Crippen LogP contribution in [0.1, 0.15) is 13.8 Å². The standard InChI is InChI=1S/C7H17ClN2O2S/c1-7(2)10(4)13(11,12)9(3)6-5-8/h7H,5-6H2,1-4H3. The van der Waals surface area contributed by atoms with Gasteiger partial charge in [0.05, 0.1) is 0 Å². The van der Waals surface area contributed by atoms with E-state index < -0.39 is 10.2 Å². The first-order valence-corrected chi connectivity index (χ1v) is 6.02. The number of alkyl halides is 1. The van der Waals surface area contributed by atoms with Crippen LogP contribution in [0.15, 0.2) is 0 Å². The molecule has 0 N–H and O–H groups in total. The fourth-order valence-electron chi connectivity index (χ4n) is 0.721. The second-order valence-corrected chi connectivity index (χ2v) is 5.60. The van der Waals surface area contributed by atoms with Gasteiger partial charge in [-0.3, -0.25) is 0 Å². The fourth-order valence-corrected chi connectivity index (χ4v) is 2.37. The molecule has 4 nitrogen and oxygen atoms in total. The third kappa shape index (κ3) is 3.42. The largest absolute Gasteiger partial charge is 0.281 e. The second-order valence-electron chi connectivity index (χ2n) is 3.13. The minimum absolute atomic E-state index is 0.0391. The summed E-state index contributed by atoms with van der Waals surface area (Å²) in [5, 5.41) is 0. The fraction of sp³-hybridized carbons (Fsp3) is 1.00. The van der Waals surface area contributed by atoms with Gasteiger partial charge in [0.15, 0.2) is 0 Å². The Hall–Kier alpha value is 0.160.